The first-order valence-electron chi connectivity index (χ1n) is 12.8. The van der Waals surface area contributed by atoms with Crippen LogP contribution < -0.4 is 22.9 Å². The van der Waals surface area contributed by atoms with Gasteiger partial charge in [0.1, 0.15) is 0 Å². The van der Waals surface area contributed by atoms with E-state index in [0.717, 1.165) is 89.9 Å². The van der Waals surface area contributed by atoms with Crippen LogP contribution in [0, 0.1) is 0 Å². The number of rotatable bonds is 23. The van der Waals surface area contributed by atoms with Crippen LogP contribution in [0.4, 0.5) is 0 Å². The molecule has 0 fully saturated rings. The second-order valence-electron chi connectivity index (χ2n) is 8.66. The highest BCUT2D eigenvalue weighted by Gasteiger charge is 2.10. The number of esters is 2. The third-order valence-corrected chi connectivity index (χ3v) is 5.46. The van der Waals surface area contributed by atoms with Gasteiger partial charge in [0.15, 0.2) is 12.5 Å². The van der Waals surface area contributed by atoms with E-state index in [1.54, 1.807) is 0 Å². The third kappa shape index (κ3) is 22.0. The van der Waals surface area contributed by atoms with Gasteiger partial charge in [-0.25, -0.2) is 0 Å². The number of unbranched alkanes of at least 4 members (excludes halogenated alkanes) is 11. The van der Waals surface area contributed by atoms with Gasteiger partial charge in [-0.1, -0.05) is 51.4 Å². The molecule has 0 saturated heterocycles. The zero-order valence-electron chi connectivity index (χ0n) is 20.2. The van der Waals surface area contributed by atoms with E-state index < -0.39 is 12.5 Å². The highest BCUT2D eigenvalue weighted by atomic mass is 16.6. The number of carbonyl (C=O) groups is 2. The van der Waals surface area contributed by atoms with Crippen molar-refractivity contribution in [2.75, 3.05) is 13.1 Å². The Morgan fingerprint density at radius 2 is 0.812 bits per heavy atom. The zero-order chi connectivity index (χ0) is 23.9. The minimum absolute atomic E-state index is 0.196. The van der Waals surface area contributed by atoms with Gasteiger partial charge >= 0.3 is 11.9 Å². The molecule has 0 aliphatic heterocycles. The minimum Gasteiger partial charge on any atom is -0.447 e. The summed E-state index contributed by atoms with van der Waals surface area (Å²) in [6.45, 7) is 1.38. The van der Waals surface area contributed by atoms with Gasteiger partial charge in [0, 0.05) is 12.8 Å². The molecule has 0 aliphatic carbocycles. The monoisotopic (exact) mass is 458 g/mol. The Kier molecular flexibility index (Phi) is 22.1. The van der Waals surface area contributed by atoms with E-state index in [9.17, 15) is 9.59 Å². The molecule has 0 aromatic rings. The van der Waals surface area contributed by atoms with Gasteiger partial charge in [0.25, 0.3) is 0 Å². The molecule has 0 bridgehead atoms. The summed E-state index contributed by atoms with van der Waals surface area (Å²) in [5.74, 6) is -0.392. The Labute approximate surface area is 195 Å². The number of nitrogens with two attached hydrogens (primary N) is 4. The summed E-state index contributed by atoms with van der Waals surface area (Å²) in [6, 6.07) is 0. The summed E-state index contributed by atoms with van der Waals surface area (Å²) >= 11 is 0. The van der Waals surface area contributed by atoms with Crippen molar-refractivity contribution in [2.24, 2.45) is 22.9 Å². The molecule has 0 spiro atoms. The molecule has 0 saturated carbocycles. The molecule has 0 radical (unpaired) electrons. The second kappa shape index (κ2) is 23.0. The maximum Gasteiger partial charge on any atom is 0.307 e. The largest absolute Gasteiger partial charge is 0.447 e. The zero-order valence-corrected chi connectivity index (χ0v) is 20.2. The molecule has 2 unspecified atom stereocenters. The third-order valence-electron chi connectivity index (χ3n) is 5.46. The van der Waals surface area contributed by atoms with Crippen LogP contribution in [0.2, 0.25) is 0 Å². The van der Waals surface area contributed by atoms with E-state index in [-0.39, 0.29) is 11.9 Å². The van der Waals surface area contributed by atoms with Gasteiger partial charge < -0.3 is 20.9 Å². The molecule has 0 aromatic carbocycles. The van der Waals surface area contributed by atoms with Gasteiger partial charge in [0.2, 0.25) is 0 Å². The van der Waals surface area contributed by atoms with Crippen molar-refractivity contribution in [1.29, 1.82) is 0 Å². The van der Waals surface area contributed by atoms with Gasteiger partial charge in [-0.15, -0.1) is 0 Å². The van der Waals surface area contributed by atoms with E-state index in [0.29, 0.717) is 38.8 Å². The van der Waals surface area contributed by atoms with E-state index in [1.807, 2.05) is 0 Å². The Hall–Kier alpha value is -1.22. The molecule has 0 heterocycles. The van der Waals surface area contributed by atoms with Crippen molar-refractivity contribution >= 4 is 11.9 Å². The standard InChI is InChI=1S/C24H50N4O4/c25-19-13-7-9-15-21(27)31-23(29)17-11-5-3-1-2-4-6-12-18-24(30)32-22(28)16-10-8-14-20-26/h21-22H,1-20,25-28H2. The predicted molar refractivity (Wildman–Crippen MR) is 129 cm³/mol. The Morgan fingerprint density at radius 1 is 0.500 bits per heavy atom. The van der Waals surface area contributed by atoms with Crippen molar-refractivity contribution in [3.8, 4) is 0 Å². The first-order valence-corrected chi connectivity index (χ1v) is 12.8. The summed E-state index contributed by atoms with van der Waals surface area (Å²) in [4.78, 5) is 23.6. The first kappa shape index (κ1) is 30.8. The lowest BCUT2D eigenvalue weighted by atomic mass is 10.1. The number of carbonyl (C=O) groups excluding carboxylic acids is 2. The number of hydrogen-bond donors (Lipinski definition) is 4. The van der Waals surface area contributed by atoms with Crippen LogP contribution in [0.3, 0.4) is 0 Å². The van der Waals surface area contributed by atoms with Crippen LogP contribution in [0.15, 0.2) is 0 Å². The van der Waals surface area contributed by atoms with Crippen molar-refractivity contribution in [3.63, 3.8) is 0 Å². The fourth-order valence-corrected chi connectivity index (χ4v) is 3.51. The van der Waals surface area contributed by atoms with Gasteiger partial charge in [-0.3, -0.25) is 21.1 Å². The van der Waals surface area contributed by atoms with Gasteiger partial charge in [0.05, 0.1) is 0 Å². The Morgan fingerprint density at radius 3 is 1.16 bits per heavy atom. The smallest absolute Gasteiger partial charge is 0.307 e. The summed E-state index contributed by atoms with van der Waals surface area (Å²) < 4.78 is 10.5. The average Bonchev–Trinajstić information content (AvgIpc) is 2.75. The predicted octanol–water partition coefficient (Wildman–Crippen LogP) is 3.58. The summed E-state index contributed by atoms with van der Waals surface area (Å²) in [6.07, 6.45) is 15.4. The topological polar surface area (TPSA) is 157 Å². The van der Waals surface area contributed by atoms with Crippen molar-refractivity contribution in [3.05, 3.63) is 0 Å². The van der Waals surface area contributed by atoms with Crippen molar-refractivity contribution in [1.82, 2.24) is 0 Å². The van der Waals surface area contributed by atoms with Crippen molar-refractivity contribution < 1.29 is 19.1 Å². The fourth-order valence-electron chi connectivity index (χ4n) is 3.51. The summed E-state index contributed by atoms with van der Waals surface area (Å²) in [5, 5.41) is 0. The fraction of sp³-hybridized carbons (Fsp3) is 0.917. The molecule has 0 rings (SSSR count). The van der Waals surface area contributed by atoms with Gasteiger partial charge in [-0.05, 0) is 64.5 Å². The number of ether oxygens (including phenoxy) is 2. The maximum atomic E-state index is 11.8. The molecule has 8 heteroatoms. The Balaban J connectivity index is 3.42. The molecular weight excluding hydrogens is 408 g/mol. The molecule has 32 heavy (non-hydrogen) atoms. The second-order valence-corrected chi connectivity index (χ2v) is 8.66. The van der Waals surface area contributed by atoms with Crippen molar-refractivity contribution in [2.45, 2.75) is 128 Å². The normalized spacial score (nSPS) is 13.0. The quantitative estimate of drug-likeness (QED) is 0.103. The van der Waals surface area contributed by atoms with Crippen LogP contribution in [0.1, 0.15) is 116 Å². The van der Waals surface area contributed by atoms with Crippen LogP contribution in [-0.4, -0.2) is 37.5 Å². The lowest BCUT2D eigenvalue weighted by Gasteiger charge is -2.13. The number of hydrogen-bond acceptors (Lipinski definition) is 8. The van der Waals surface area contributed by atoms with Gasteiger partial charge in [-0.2, -0.15) is 0 Å². The molecule has 190 valence electrons. The summed E-state index contributed by atoms with van der Waals surface area (Å²) in [7, 11) is 0. The maximum absolute atomic E-state index is 11.8. The molecule has 2 atom stereocenters. The molecule has 0 amide bonds. The van der Waals surface area contributed by atoms with E-state index >= 15 is 0 Å². The minimum atomic E-state index is -0.491. The van der Waals surface area contributed by atoms with E-state index in [2.05, 4.69) is 0 Å². The van der Waals surface area contributed by atoms with Crippen LogP contribution in [-0.2, 0) is 19.1 Å². The molecular formula is C24H50N4O4. The lowest BCUT2D eigenvalue weighted by Crippen LogP contribution is -2.27. The lowest BCUT2D eigenvalue weighted by molar-refractivity contribution is -0.150. The SMILES string of the molecule is NCCCCCC(N)OC(=O)CCCCCCCCCCC(=O)OC(N)CCCCCN. The van der Waals surface area contributed by atoms with Crippen LogP contribution in [0.25, 0.3) is 0 Å². The molecule has 8 N–H and O–H groups in total. The average molecular weight is 459 g/mol. The summed E-state index contributed by atoms with van der Waals surface area (Å²) in [5.41, 5.74) is 22.6. The molecule has 8 nitrogen and oxygen atoms in total. The highest BCUT2D eigenvalue weighted by molar-refractivity contribution is 5.69. The Bertz CT molecular complexity index is 412. The molecule has 0 aromatic heterocycles. The highest BCUT2D eigenvalue weighted by Crippen LogP contribution is 2.12. The van der Waals surface area contributed by atoms with Crippen LogP contribution >= 0.6 is 0 Å². The van der Waals surface area contributed by atoms with E-state index in [4.69, 9.17) is 32.4 Å². The first-order chi connectivity index (χ1) is 15.5. The van der Waals surface area contributed by atoms with Crippen LogP contribution in [0.5, 0.6) is 0 Å². The molecule has 0 aliphatic rings. The van der Waals surface area contributed by atoms with E-state index in [1.165, 1.54) is 0 Å².